The Morgan fingerprint density at radius 3 is 1.84 bits per heavy atom. The second-order valence-corrected chi connectivity index (χ2v) is 10.4. The molecule has 0 saturated carbocycles. The smallest absolute Gasteiger partial charge is 0.328 e. The van der Waals surface area contributed by atoms with E-state index in [0.29, 0.717) is 41.7 Å². The zero-order chi connectivity index (χ0) is 32.1. The largest absolute Gasteiger partial charge is 0.493 e. The van der Waals surface area contributed by atoms with Gasteiger partial charge in [-0.25, -0.2) is 18.4 Å². The van der Waals surface area contributed by atoms with Crippen molar-refractivity contribution in [3.05, 3.63) is 107 Å². The third-order valence-electron chi connectivity index (χ3n) is 7.38. The summed E-state index contributed by atoms with van der Waals surface area (Å²) in [5.41, 5.74) is 2.74. The normalized spacial score (nSPS) is 13.8. The minimum absolute atomic E-state index is 0.00986. The van der Waals surface area contributed by atoms with Crippen LogP contribution in [-0.4, -0.2) is 66.2 Å². The molecule has 3 aromatic carbocycles. The van der Waals surface area contributed by atoms with Crippen molar-refractivity contribution in [2.45, 2.75) is 32.1 Å². The molecule has 1 aliphatic rings. The topological polar surface area (TPSA) is 113 Å². The van der Waals surface area contributed by atoms with E-state index in [0.717, 1.165) is 50.0 Å². The van der Waals surface area contributed by atoms with Crippen LogP contribution in [0.3, 0.4) is 0 Å². The molecule has 1 aliphatic heterocycles. The van der Waals surface area contributed by atoms with Gasteiger partial charge in [0.2, 0.25) is 0 Å². The fourth-order valence-electron chi connectivity index (χ4n) is 5.21. The van der Waals surface area contributed by atoms with Crippen molar-refractivity contribution in [1.29, 1.82) is 0 Å². The number of aliphatic carboxylic acids is 2. The first kappa shape index (κ1) is 33.9. The lowest BCUT2D eigenvalue weighted by Gasteiger charge is -2.36. The molecule has 44 heavy (non-hydrogen) atoms. The van der Waals surface area contributed by atoms with Crippen LogP contribution in [-0.2, 0) is 9.59 Å². The average Bonchev–Trinajstić information content (AvgIpc) is 3.01. The van der Waals surface area contributed by atoms with Crippen LogP contribution in [0, 0.1) is 17.6 Å². The lowest BCUT2D eigenvalue weighted by atomic mass is 9.76. The number of carboxylic acids is 2. The minimum Gasteiger partial charge on any atom is -0.493 e. The molecule has 1 heterocycles. The number of ether oxygens (including phenoxy) is 2. The molecule has 0 amide bonds. The third kappa shape index (κ3) is 10.6. The Balaban J connectivity index is 0.000000583. The van der Waals surface area contributed by atoms with Crippen molar-refractivity contribution in [1.82, 2.24) is 4.90 Å². The summed E-state index contributed by atoms with van der Waals surface area (Å²) in [6.45, 7) is 4.96. The van der Waals surface area contributed by atoms with Gasteiger partial charge in [-0.15, -0.1) is 0 Å². The van der Waals surface area contributed by atoms with Crippen molar-refractivity contribution >= 4 is 17.7 Å². The molecule has 8 nitrogen and oxygen atoms in total. The van der Waals surface area contributed by atoms with E-state index in [4.69, 9.17) is 19.7 Å². The van der Waals surface area contributed by atoms with Gasteiger partial charge in [0.1, 0.15) is 11.6 Å². The van der Waals surface area contributed by atoms with Crippen LogP contribution >= 0.6 is 0 Å². The summed E-state index contributed by atoms with van der Waals surface area (Å²) in [7, 11) is 1.57. The Hall–Kier alpha value is -4.57. The maximum absolute atomic E-state index is 13.6. The highest BCUT2D eigenvalue weighted by Crippen LogP contribution is 2.38. The molecule has 0 aromatic heterocycles. The standard InChI is InChI=1S/C30H33F2NO3.C4H4O4/c1-21(34)25-8-13-28(29(20-25)35-2)36-19-3-16-33-17-14-24(15-18-33)30(22-4-9-26(31)10-5-22)23-6-11-27(32)12-7-23;5-3(6)1-2-4(7)8/h4-13,20,24,30H,3,14-19H2,1-2H3;1-2H,(H,5,6)(H,7,8). The molecule has 10 heteroatoms. The molecule has 0 spiro atoms. The van der Waals surface area contributed by atoms with E-state index in [-0.39, 0.29) is 23.3 Å². The van der Waals surface area contributed by atoms with Gasteiger partial charge in [-0.2, -0.15) is 0 Å². The molecule has 1 saturated heterocycles. The SMILES string of the molecule is COc1cc(C(C)=O)ccc1OCCCN1CCC(C(c2ccc(F)cc2)c2ccc(F)cc2)CC1.O=C(O)C=CC(=O)O. The van der Waals surface area contributed by atoms with Crippen LogP contribution in [0.25, 0.3) is 0 Å². The number of ketones is 1. The van der Waals surface area contributed by atoms with Crippen LogP contribution in [0.15, 0.2) is 78.9 Å². The lowest BCUT2D eigenvalue weighted by molar-refractivity contribution is -0.134. The molecule has 234 valence electrons. The molecule has 3 aromatic rings. The van der Waals surface area contributed by atoms with E-state index in [1.54, 1.807) is 25.3 Å². The van der Waals surface area contributed by atoms with Gasteiger partial charge < -0.3 is 24.6 Å². The second-order valence-electron chi connectivity index (χ2n) is 10.4. The summed E-state index contributed by atoms with van der Waals surface area (Å²) in [6.07, 6.45) is 4.02. The van der Waals surface area contributed by atoms with Crippen molar-refractivity contribution < 1.29 is 42.9 Å². The van der Waals surface area contributed by atoms with Gasteiger partial charge in [0, 0.05) is 30.2 Å². The van der Waals surface area contributed by atoms with Crippen molar-refractivity contribution in [3.8, 4) is 11.5 Å². The third-order valence-corrected chi connectivity index (χ3v) is 7.38. The highest BCUT2D eigenvalue weighted by molar-refractivity contribution is 5.94. The van der Waals surface area contributed by atoms with Gasteiger partial charge in [0.05, 0.1) is 13.7 Å². The van der Waals surface area contributed by atoms with Crippen LogP contribution in [0.1, 0.15) is 53.6 Å². The molecule has 0 aliphatic carbocycles. The van der Waals surface area contributed by atoms with Crippen LogP contribution in [0.2, 0.25) is 0 Å². The number of piperidine rings is 1. The predicted molar refractivity (Wildman–Crippen MR) is 161 cm³/mol. The number of carbonyl (C=O) groups excluding carboxylic acids is 1. The summed E-state index contributed by atoms with van der Waals surface area (Å²) in [5, 5.41) is 15.6. The van der Waals surface area contributed by atoms with E-state index in [9.17, 15) is 23.2 Å². The van der Waals surface area contributed by atoms with Crippen molar-refractivity contribution in [2.24, 2.45) is 5.92 Å². The average molecular weight is 610 g/mol. The zero-order valence-electron chi connectivity index (χ0n) is 24.7. The Labute approximate surface area is 255 Å². The van der Waals surface area contributed by atoms with E-state index >= 15 is 0 Å². The summed E-state index contributed by atoms with van der Waals surface area (Å²) in [6, 6.07) is 18.7. The van der Waals surface area contributed by atoms with Crippen molar-refractivity contribution in [2.75, 3.05) is 33.4 Å². The van der Waals surface area contributed by atoms with E-state index in [1.165, 1.54) is 31.2 Å². The second kappa shape index (κ2) is 16.9. The van der Waals surface area contributed by atoms with E-state index in [1.807, 2.05) is 24.3 Å². The number of carbonyl (C=O) groups is 3. The summed E-state index contributed by atoms with van der Waals surface area (Å²) >= 11 is 0. The number of halogens is 2. The van der Waals surface area contributed by atoms with E-state index in [2.05, 4.69) is 4.90 Å². The number of methoxy groups -OCH3 is 1. The molecule has 2 N–H and O–H groups in total. The Bertz CT molecular complexity index is 1360. The first-order chi connectivity index (χ1) is 21.1. The molecule has 0 radical (unpaired) electrons. The minimum atomic E-state index is -1.26. The summed E-state index contributed by atoms with van der Waals surface area (Å²) in [5.74, 6) is -1.30. The van der Waals surface area contributed by atoms with Crippen LogP contribution in [0.4, 0.5) is 8.78 Å². The quantitative estimate of drug-likeness (QED) is 0.142. The number of benzene rings is 3. The maximum atomic E-state index is 13.6. The summed E-state index contributed by atoms with van der Waals surface area (Å²) in [4.78, 5) is 33.1. The van der Waals surface area contributed by atoms with Gasteiger partial charge in [-0.1, -0.05) is 24.3 Å². The Kier molecular flexibility index (Phi) is 13.0. The number of nitrogens with zero attached hydrogens (tertiary/aromatic N) is 1. The van der Waals surface area contributed by atoms with Crippen molar-refractivity contribution in [3.63, 3.8) is 0 Å². The van der Waals surface area contributed by atoms with Gasteiger partial charge in [-0.05, 0) is 98.8 Å². The number of rotatable bonds is 12. The Morgan fingerprint density at radius 2 is 1.39 bits per heavy atom. The predicted octanol–water partition coefficient (Wildman–Crippen LogP) is 6.20. The Morgan fingerprint density at radius 1 is 0.864 bits per heavy atom. The van der Waals surface area contributed by atoms with Gasteiger partial charge in [0.15, 0.2) is 17.3 Å². The molecule has 0 bridgehead atoms. The zero-order valence-corrected chi connectivity index (χ0v) is 24.7. The van der Waals surface area contributed by atoms with Crippen LogP contribution < -0.4 is 9.47 Å². The summed E-state index contributed by atoms with van der Waals surface area (Å²) < 4.78 is 38.4. The van der Waals surface area contributed by atoms with Gasteiger partial charge in [0.25, 0.3) is 0 Å². The monoisotopic (exact) mass is 609 g/mol. The first-order valence-corrected chi connectivity index (χ1v) is 14.3. The molecule has 0 atom stereocenters. The molecule has 1 fully saturated rings. The fourth-order valence-corrected chi connectivity index (χ4v) is 5.21. The number of likely N-dealkylation sites (tertiary alicyclic amines) is 1. The van der Waals surface area contributed by atoms with E-state index < -0.39 is 11.9 Å². The number of Topliss-reactive ketones (excluding diaryl/α,β-unsaturated/α-hetero) is 1. The number of carboxylic acid groups (broad SMARTS) is 2. The lowest BCUT2D eigenvalue weighted by Crippen LogP contribution is -2.36. The van der Waals surface area contributed by atoms with Gasteiger partial charge in [-0.3, -0.25) is 4.79 Å². The first-order valence-electron chi connectivity index (χ1n) is 14.3. The number of hydrogen-bond acceptors (Lipinski definition) is 6. The molecule has 0 unspecified atom stereocenters. The maximum Gasteiger partial charge on any atom is 0.328 e. The fraction of sp³-hybridized carbons (Fsp3) is 0.324. The number of hydrogen-bond donors (Lipinski definition) is 2. The van der Waals surface area contributed by atoms with Crippen LogP contribution in [0.5, 0.6) is 11.5 Å². The van der Waals surface area contributed by atoms with Gasteiger partial charge >= 0.3 is 11.9 Å². The molecular formula is C34H37F2NO7. The highest BCUT2D eigenvalue weighted by atomic mass is 19.1. The molecular weight excluding hydrogens is 572 g/mol. The highest BCUT2D eigenvalue weighted by Gasteiger charge is 2.29. The molecule has 4 rings (SSSR count).